The van der Waals surface area contributed by atoms with Gasteiger partial charge in [0.1, 0.15) is 5.69 Å². The van der Waals surface area contributed by atoms with E-state index < -0.39 is 58.3 Å². The van der Waals surface area contributed by atoms with Crippen molar-refractivity contribution in [3.05, 3.63) is 75.3 Å². The van der Waals surface area contributed by atoms with Gasteiger partial charge in [0.05, 0.1) is 16.1 Å². The number of halogens is 6. The van der Waals surface area contributed by atoms with E-state index in [9.17, 15) is 46.0 Å². The fourth-order valence-corrected chi connectivity index (χ4v) is 2.28. The number of hydrogen-bond acceptors (Lipinski definition) is 5. The van der Waals surface area contributed by atoms with Gasteiger partial charge in [0.15, 0.2) is 6.61 Å². The highest BCUT2D eigenvalue weighted by Gasteiger charge is 2.33. The molecular weight excluding hydrogens is 450 g/mol. The van der Waals surface area contributed by atoms with E-state index in [-0.39, 0.29) is 11.6 Å². The fraction of sp³-hybridized carbons (Fsp3) is 0.158. The lowest BCUT2D eigenvalue weighted by Crippen LogP contribution is -2.21. The zero-order valence-corrected chi connectivity index (χ0v) is 15.7. The monoisotopic (exact) mass is 462 g/mol. The molecule has 1 N–H and O–H groups in total. The molecule has 0 atom stereocenters. The number of rotatable bonds is 6. The number of benzene rings is 2. The quantitative estimate of drug-likeness (QED) is 0.218. The highest BCUT2D eigenvalue weighted by molar-refractivity contribution is 5.96. The fourth-order valence-electron chi connectivity index (χ4n) is 2.28. The summed E-state index contributed by atoms with van der Waals surface area (Å²) >= 11 is 0. The van der Waals surface area contributed by atoms with Crippen molar-refractivity contribution in [2.24, 2.45) is 0 Å². The summed E-state index contributed by atoms with van der Waals surface area (Å²) in [5.41, 5.74) is -3.49. The molecule has 0 aliphatic rings. The average molecular weight is 462 g/mol. The molecule has 0 aliphatic heterocycles. The van der Waals surface area contributed by atoms with Gasteiger partial charge in [-0.3, -0.25) is 14.9 Å². The number of alkyl halides is 6. The zero-order valence-electron chi connectivity index (χ0n) is 15.7. The Morgan fingerprint density at radius 2 is 1.53 bits per heavy atom. The Hall–Kier alpha value is -3.90. The number of amides is 1. The van der Waals surface area contributed by atoms with E-state index in [4.69, 9.17) is 0 Å². The molecule has 1 amide bonds. The Morgan fingerprint density at radius 1 is 0.969 bits per heavy atom. The first-order valence-corrected chi connectivity index (χ1v) is 8.45. The van der Waals surface area contributed by atoms with Crippen molar-refractivity contribution in [1.29, 1.82) is 0 Å². The summed E-state index contributed by atoms with van der Waals surface area (Å²) in [6.07, 6.45) is -7.39. The molecule has 0 aliphatic carbocycles. The third kappa shape index (κ3) is 6.82. The molecule has 0 heterocycles. The summed E-state index contributed by atoms with van der Waals surface area (Å²) in [6, 6.07) is 5.26. The van der Waals surface area contributed by atoms with E-state index in [1.54, 1.807) is 0 Å². The highest BCUT2D eigenvalue weighted by Crippen LogP contribution is 2.35. The minimum absolute atomic E-state index is 0.236. The molecule has 7 nitrogen and oxygen atoms in total. The van der Waals surface area contributed by atoms with Crippen LogP contribution >= 0.6 is 0 Å². The van der Waals surface area contributed by atoms with Crippen LogP contribution in [0.25, 0.3) is 6.08 Å². The molecule has 2 aromatic carbocycles. The van der Waals surface area contributed by atoms with E-state index in [1.807, 2.05) is 5.32 Å². The van der Waals surface area contributed by atoms with Gasteiger partial charge in [0.25, 0.3) is 11.6 Å². The number of hydrogen-bond donors (Lipinski definition) is 1. The molecule has 2 rings (SSSR count). The predicted molar refractivity (Wildman–Crippen MR) is 98.2 cm³/mol. The molecule has 13 heteroatoms. The molecule has 0 radical (unpaired) electrons. The third-order valence-electron chi connectivity index (χ3n) is 3.79. The number of nitrogens with zero attached hydrogens (tertiary/aromatic N) is 1. The van der Waals surface area contributed by atoms with Crippen LogP contribution in [0.1, 0.15) is 16.7 Å². The van der Waals surface area contributed by atoms with Crippen LogP contribution < -0.4 is 5.32 Å². The molecule has 0 fully saturated rings. The van der Waals surface area contributed by atoms with Gasteiger partial charge in [0.2, 0.25) is 0 Å². The van der Waals surface area contributed by atoms with Crippen LogP contribution in [0.2, 0.25) is 0 Å². The van der Waals surface area contributed by atoms with Crippen molar-refractivity contribution in [1.82, 2.24) is 0 Å². The standard InChI is InChI=1S/C19H12F6N2O5/c20-18(21,22)12-4-1-11(2-5-12)3-8-17(29)32-10-16(28)26-14-7-6-13(19(23,24)25)9-15(14)27(30)31/h1-9H,10H2,(H,26,28)/b8-3+. The van der Waals surface area contributed by atoms with Crippen molar-refractivity contribution in [2.75, 3.05) is 11.9 Å². The normalized spacial score (nSPS) is 11.9. The second-order valence-electron chi connectivity index (χ2n) is 6.10. The second-order valence-corrected chi connectivity index (χ2v) is 6.10. The van der Waals surface area contributed by atoms with Crippen molar-refractivity contribution < 1.29 is 45.6 Å². The van der Waals surface area contributed by atoms with E-state index in [0.717, 1.165) is 36.4 Å². The molecule has 0 unspecified atom stereocenters. The summed E-state index contributed by atoms with van der Waals surface area (Å²) in [7, 11) is 0. The van der Waals surface area contributed by atoms with Crippen LogP contribution in [-0.4, -0.2) is 23.4 Å². The number of anilines is 1. The van der Waals surface area contributed by atoms with Gasteiger partial charge < -0.3 is 10.1 Å². The summed E-state index contributed by atoms with van der Waals surface area (Å²) < 4.78 is 80.1. The van der Waals surface area contributed by atoms with Gasteiger partial charge >= 0.3 is 18.3 Å². The average Bonchev–Trinajstić information content (AvgIpc) is 2.69. The van der Waals surface area contributed by atoms with E-state index in [0.29, 0.717) is 12.1 Å². The topological polar surface area (TPSA) is 98.5 Å². The molecular formula is C19H12F6N2O5. The number of esters is 1. The lowest BCUT2D eigenvalue weighted by molar-refractivity contribution is -0.384. The summed E-state index contributed by atoms with van der Waals surface area (Å²) in [6.45, 7) is -0.922. The van der Waals surface area contributed by atoms with Gasteiger partial charge in [-0.2, -0.15) is 26.3 Å². The van der Waals surface area contributed by atoms with Crippen LogP contribution in [0, 0.1) is 10.1 Å². The molecule has 0 spiro atoms. The van der Waals surface area contributed by atoms with Gasteiger partial charge in [-0.25, -0.2) is 4.79 Å². The largest absolute Gasteiger partial charge is 0.452 e. The minimum Gasteiger partial charge on any atom is -0.452 e. The lowest BCUT2D eigenvalue weighted by atomic mass is 10.1. The van der Waals surface area contributed by atoms with E-state index in [2.05, 4.69) is 4.74 Å². The van der Waals surface area contributed by atoms with Crippen molar-refractivity contribution >= 4 is 29.3 Å². The van der Waals surface area contributed by atoms with Crippen molar-refractivity contribution in [3.63, 3.8) is 0 Å². The Kier molecular flexibility index (Phi) is 7.23. The number of nitro benzene ring substituents is 1. The van der Waals surface area contributed by atoms with Crippen LogP contribution in [-0.2, 0) is 26.7 Å². The first-order chi connectivity index (χ1) is 14.8. The van der Waals surface area contributed by atoms with Crippen LogP contribution in [0.4, 0.5) is 37.7 Å². The summed E-state index contributed by atoms with van der Waals surface area (Å²) in [5, 5.41) is 12.9. The predicted octanol–water partition coefficient (Wildman–Crippen LogP) is 4.83. The van der Waals surface area contributed by atoms with E-state index in [1.165, 1.54) is 0 Å². The Bertz CT molecular complexity index is 1050. The maximum atomic E-state index is 12.7. The molecule has 0 saturated heterocycles. The number of nitro groups is 1. The summed E-state index contributed by atoms with van der Waals surface area (Å²) in [5.74, 6) is -2.12. The van der Waals surface area contributed by atoms with E-state index >= 15 is 0 Å². The maximum Gasteiger partial charge on any atom is 0.416 e. The SMILES string of the molecule is O=C(COC(=O)/C=C/c1ccc(C(F)(F)F)cc1)Nc1ccc(C(F)(F)F)cc1[N+](=O)[O-]. The van der Waals surface area contributed by atoms with Gasteiger partial charge in [-0.05, 0) is 35.9 Å². The molecule has 0 aromatic heterocycles. The maximum absolute atomic E-state index is 12.7. The van der Waals surface area contributed by atoms with Crippen LogP contribution in [0.5, 0.6) is 0 Å². The highest BCUT2D eigenvalue weighted by atomic mass is 19.4. The van der Waals surface area contributed by atoms with Crippen LogP contribution in [0.3, 0.4) is 0 Å². The number of carbonyl (C=O) groups excluding carboxylic acids is 2. The van der Waals surface area contributed by atoms with Crippen molar-refractivity contribution in [3.8, 4) is 0 Å². The van der Waals surface area contributed by atoms with Crippen LogP contribution in [0.15, 0.2) is 48.5 Å². The number of ether oxygens (including phenoxy) is 1. The number of nitrogens with one attached hydrogen (secondary N) is 1. The third-order valence-corrected chi connectivity index (χ3v) is 3.79. The Morgan fingerprint density at radius 3 is 2.06 bits per heavy atom. The van der Waals surface area contributed by atoms with Gasteiger partial charge in [-0.1, -0.05) is 12.1 Å². The zero-order chi connectivity index (χ0) is 24.1. The Labute approximate surface area is 175 Å². The molecule has 170 valence electrons. The summed E-state index contributed by atoms with van der Waals surface area (Å²) in [4.78, 5) is 33.3. The molecule has 32 heavy (non-hydrogen) atoms. The first-order valence-electron chi connectivity index (χ1n) is 8.45. The minimum atomic E-state index is -4.83. The van der Waals surface area contributed by atoms with Gasteiger partial charge in [0, 0.05) is 12.1 Å². The molecule has 2 aromatic rings. The number of carbonyl (C=O) groups is 2. The first kappa shape index (κ1) is 24.4. The molecule has 0 bridgehead atoms. The van der Waals surface area contributed by atoms with Gasteiger partial charge in [-0.15, -0.1) is 0 Å². The second kappa shape index (κ2) is 9.49. The smallest absolute Gasteiger partial charge is 0.416 e. The molecule has 0 saturated carbocycles. The Balaban J connectivity index is 1.96. The van der Waals surface area contributed by atoms with Crippen molar-refractivity contribution in [2.45, 2.75) is 12.4 Å². The lowest BCUT2D eigenvalue weighted by Gasteiger charge is -2.10.